The zero-order valence-electron chi connectivity index (χ0n) is 8.26. The first-order chi connectivity index (χ1) is 7.19. The van der Waals surface area contributed by atoms with E-state index in [0.29, 0.717) is 11.8 Å². The number of nitrogens with zero attached hydrogens (tertiary/aromatic N) is 4. The monoisotopic (exact) mass is 223 g/mol. The first-order valence-electron chi connectivity index (χ1n) is 4.20. The molecule has 6 nitrogen and oxygen atoms in total. The summed E-state index contributed by atoms with van der Waals surface area (Å²) < 4.78 is 6.89. The average Bonchev–Trinajstić information content (AvgIpc) is 2.64. The van der Waals surface area contributed by atoms with E-state index in [-0.39, 0.29) is 4.77 Å². The van der Waals surface area contributed by atoms with Crippen molar-refractivity contribution in [2.24, 2.45) is 7.05 Å². The molecule has 0 saturated carbocycles. The fraction of sp³-hybridized carbons (Fsp3) is 0.250. The highest BCUT2D eigenvalue weighted by atomic mass is 32.1. The van der Waals surface area contributed by atoms with Crippen molar-refractivity contribution in [1.82, 2.24) is 24.7 Å². The van der Waals surface area contributed by atoms with Crippen LogP contribution in [-0.2, 0) is 7.05 Å². The van der Waals surface area contributed by atoms with Crippen LogP contribution in [0.2, 0.25) is 0 Å². The summed E-state index contributed by atoms with van der Waals surface area (Å²) in [4.78, 5) is 10.9. The molecule has 0 aliphatic carbocycles. The predicted octanol–water partition coefficient (Wildman–Crippen LogP) is 0.943. The van der Waals surface area contributed by atoms with Crippen molar-refractivity contribution in [3.8, 4) is 17.4 Å². The van der Waals surface area contributed by atoms with Gasteiger partial charge in [-0.1, -0.05) is 0 Å². The summed E-state index contributed by atoms with van der Waals surface area (Å²) in [5.74, 6) is 0.597. The summed E-state index contributed by atoms with van der Waals surface area (Å²) in [5.41, 5.74) is 0.837. The first kappa shape index (κ1) is 9.78. The molecule has 0 atom stereocenters. The molecular weight excluding hydrogens is 214 g/mol. The summed E-state index contributed by atoms with van der Waals surface area (Å²) in [6, 6.07) is 0.342. The standard InChI is InChI=1S/C8H9N5OS/c1-13-4-5(3-9-13)6-10-7(14-2)12-8(15)11-6/h3-4H,1-2H3,(H,10,11,12,15). The maximum Gasteiger partial charge on any atom is 0.297 e. The Kier molecular flexibility index (Phi) is 2.46. The van der Waals surface area contributed by atoms with Gasteiger partial charge in [-0.3, -0.25) is 9.67 Å². The lowest BCUT2D eigenvalue weighted by atomic mass is 10.3. The van der Waals surface area contributed by atoms with Crippen LogP contribution in [0.4, 0.5) is 0 Å². The van der Waals surface area contributed by atoms with Crippen LogP contribution in [0.1, 0.15) is 0 Å². The summed E-state index contributed by atoms with van der Waals surface area (Å²) >= 11 is 4.91. The second-order valence-corrected chi connectivity index (χ2v) is 3.26. The summed E-state index contributed by atoms with van der Waals surface area (Å²) in [6.07, 6.45) is 3.51. The average molecular weight is 223 g/mol. The van der Waals surface area contributed by atoms with Crippen LogP contribution in [0.15, 0.2) is 12.4 Å². The lowest BCUT2D eigenvalue weighted by molar-refractivity contribution is 0.378. The lowest BCUT2D eigenvalue weighted by Crippen LogP contribution is -1.97. The third kappa shape index (κ3) is 2.01. The number of methoxy groups -OCH3 is 1. The Morgan fingerprint density at radius 1 is 1.47 bits per heavy atom. The van der Waals surface area contributed by atoms with Crippen molar-refractivity contribution in [1.29, 1.82) is 0 Å². The second kappa shape index (κ2) is 3.77. The van der Waals surface area contributed by atoms with E-state index in [0.717, 1.165) is 5.56 Å². The number of hydrogen-bond donors (Lipinski definition) is 1. The van der Waals surface area contributed by atoms with Gasteiger partial charge in [-0.25, -0.2) is 4.98 Å². The number of aryl methyl sites for hydroxylation is 1. The van der Waals surface area contributed by atoms with Crippen LogP contribution >= 0.6 is 12.2 Å². The van der Waals surface area contributed by atoms with Gasteiger partial charge in [-0.2, -0.15) is 10.1 Å². The molecule has 2 aromatic heterocycles. The zero-order chi connectivity index (χ0) is 10.8. The Morgan fingerprint density at radius 2 is 2.27 bits per heavy atom. The van der Waals surface area contributed by atoms with Crippen LogP contribution in [0.5, 0.6) is 6.01 Å². The van der Waals surface area contributed by atoms with Crippen molar-refractivity contribution in [2.45, 2.75) is 0 Å². The summed E-state index contributed by atoms with van der Waals surface area (Å²) in [5, 5.41) is 4.04. The van der Waals surface area contributed by atoms with Crippen LogP contribution in [-0.4, -0.2) is 31.8 Å². The van der Waals surface area contributed by atoms with E-state index in [9.17, 15) is 0 Å². The van der Waals surface area contributed by atoms with E-state index >= 15 is 0 Å². The molecule has 0 spiro atoms. The number of H-pyrrole nitrogens is 1. The largest absolute Gasteiger partial charge is 0.468 e. The van der Waals surface area contributed by atoms with E-state index in [1.165, 1.54) is 7.11 Å². The van der Waals surface area contributed by atoms with Gasteiger partial charge in [-0.15, -0.1) is 0 Å². The van der Waals surface area contributed by atoms with Crippen molar-refractivity contribution in [3.05, 3.63) is 17.2 Å². The van der Waals surface area contributed by atoms with E-state index in [4.69, 9.17) is 17.0 Å². The molecule has 0 aliphatic rings. The van der Waals surface area contributed by atoms with Gasteiger partial charge in [0.15, 0.2) is 0 Å². The molecule has 2 aromatic rings. The maximum absolute atomic E-state index is 4.96. The summed E-state index contributed by atoms with van der Waals surface area (Å²) in [7, 11) is 3.34. The highest BCUT2D eigenvalue weighted by Crippen LogP contribution is 2.14. The molecule has 0 radical (unpaired) electrons. The quantitative estimate of drug-likeness (QED) is 0.767. The van der Waals surface area contributed by atoms with Gasteiger partial charge in [0.25, 0.3) is 6.01 Å². The van der Waals surface area contributed by atoms with Crippen molar-refractivity contribution in [2.75, 3.05) is 7.11 Å². The predicted molar refractivity (Wildman–Crippen MR) is 56.0 cm³/mol. The Labute approximate surface area is 91.0 Å². The zero-order valence-corrected chi connectivity index (χ0v) is 9.08. The lowest BCUT2D eigenvalue weighted by Gasteiger charge is -2.00. The van der Waals surface area contributed by atoms with Crippen LogP contribution in [0.3, 0.4) is 0 Å². The third-order valence-electron chi connectivity index (χ3n) is 1.80. The van der Waals surface area contributed by atoms with Gasteiger partial charge in [-0.05, 0) is 12.2 Å². The Hall–Kier alpha value is -1.76. The van der Waals surface area contributed by atoms with Crippen molar-refractivity contribution < 1.29 is 4.74 Å². The number of rotatable bonds is 2. The topological polar surface area (TPSA) is 68.6 Å². The Bertz CT molecular complexity index is 532. The van der Waals surface area contributed by atoms with E-state index in [1.807, 2.05) is 13.2 Å². The highest BCUT2D eigenvalue weighted by molar-refractivity contribution is 7.71. The van der Waals surface area contributed by atoms with Gasteiger partial charge in [0.1, 0.15) is 5.82 Å². The molecule has 0 saturated heterocycles. The molecule has 2 rings (SSSR count). The minimum absolute atomic E-state index is 0.240. The fourth-order valence-electron chi connectivity index (χ4n) is 1.14. The van der Waals surface area contributed by atoms with Crippen molar-refractivity contribution in [3.63, 3.8) is 0 Å². The van der Waals surface area contributed by atoms with Gasteiger partial charge in [0, 0.05) is 13.2 Å². The van der Waals surface area contributed by atoms with E-state index in [1.54, 1.807) is 10.9 Å². The number of hydrogen-bond acceptors (Lipinski definition) is 5. The smallest absolute Gasteiger partial charge is 0.297 e. The van der Waals surface area contributed by atoms with Gasteiger partial charge >= 0.3 is 0 Å². The van der Waals surface area contributed by atoms with Gasteiger partial charge in [0.05, 0.1) is 18.9 Å². The first-order valence-corrected chi connectivity index (χ1v) is 4.61. The Balaban J connectivity index is 2.53. The highest BCUT2D eigenvalue weighted by Gasteiger charge is 2.05. The van der Waals surface area contributed by atoms with Crippen LogP contribution < -0.4 is 4.74 Å². The molecule has 78 valence electrons. The molecule has 0 aromatic carbocycles. The Morgan fingerprint density at radius 3 is 2.87 bits per heavy atom. The van der Waals surface area contributed by atoms with Gasteiger partial charge < -0.3 is 4.74 Å². The molecule has 15 heavy (non-hydrogen) atoms. The summed E-state index contributed by atoms with van der Waals surface area (Å²) in [6.45, 7) is 0. The molecule has 1 N–H and O–H groups in total. The maximum atomic E-state index is 4.96. The fourth-order valence-corrected chi connectivity index (χ4v) is 1.32. The van der Waals surface area contributed by atoms with E-state index < -0.39 is 0 Å². The molecule has 7 heteroatoms. The van der Waals surface area contributed by atoms with Gasteiger partial charge in [0.2, 0.25) is 4.77 Å². The molecule has 0 bridgehead atoms. The molecular formula is C8H9N5OS. The second-order valence-electron chi connectivity index (χ2n) is 2.89. The SMILES string of the molecule is COc1nc(=S)nc(-c2cnn(C)c2)[nH]1. The molecule has 0 unspecified atom stereocenters. The number of aromatic amines is 1. The van der Waals surface area contributed by atoms with Crippen molar-refractivity contribution >= 4 is 12.2 Å². The minimum atomic E-state index is 0.240. The number of nitrogens with one attached hydrogen (secondary N) is 1. The third-order valence-corrected chi connectivity index (χ3v) is 1.98. The molecule has 0 fully saturated rings. The molecule has 0 aliphatic heterocycles. The molecule has 2 heterocycles. The number of ether oxygens (including phenoxy) is 1. The van der Waals surface area contributed by atoms with Crippen LogP contribution in [0, 0.1) is 4.77 Å². The minimum Gasteiger partial charge on any atom is -0.468 e. The molecule has 0 amide bonds. The number of aromatic nitrogens is 5. The normalized spacial score (nSPS) is 10.3. The van der Waals surface area contributed by atoms with Crippen LogP contribution in [0.25, 0.3) is 11.4 Å². The van der Waals surface area contributed by atoms with E-state index in [2.05, 4.69) is 20.1 Å².